The molecule has 1 aliphatic heterocycles. The van der Waals surface area contributed by atoms with E-state index in [0.29, 0.717) is 10.0 Å². The van der Waals surface area contributed by atoms with Crippen LogP contribution in [0.25, 0.3) is 0 Å². The van der Waals surface area contributed by atoms with Crippen molar-refractivity contribution < 1.29 is 38.1 Å². The Kier molecular flexibility index (Phi) is 8.43. The van der Waals surface area contributed by atoms with Gasteiger partial charge in [-0.05, 0) is 13.8 Å². The van der Waals surface area contributed by atoms with E-state index in [1.807, 2.05) is 0 Å². The highest BCUT2D eigenvalue weighted by atomic mass is 32.1. The zero-order valence-corrected chi connectivity index (χ0v) is 19.6. The number of aromatic nitrogens is 1. The smallest absolute Gasteiger partial charge is 0.303 e. The molecule has 1 aromatic rings. The SMILES string of the molecule is CC(=O)OCC1O[C@H](Nc2ncc(C(=O)C(C)(C)S)s2)C[C@@H](OC(C)=O)C1OC(C)=O. The number of nitrogens with one attached hydrogen (secondary N) is 1. The molecule has 1 aromatic heterocycles. The molecule has 2 heterocycles. The Morgan fingerprint density at radius 1 is 1.19 bits per heavy atom. The number of hydrogen-bond donors (Lipinski definition) is 2. The highest BCUT2D eigenvalue weighted by molar-refractivity contribution is 7.82. The van der Waals surface area contributed by atoms with Gasteiger partial charge in [-0.15, -0.1) is 0 Å². The maximum Gasteiger partial charge on any atom is 0.303 e. The third-order valence-corrected chi connectivity index (χ3v) is 5.29. The molecule has 1 saturated heterocycles. The number of thiol groups is 1. The molecule has 0 aliphatic carbocycles. The van der Waals surface area contributed by atoms with Crippen LogP contribution in [0.3, 0.4) is 0 Å². The van der Waals surface area contributed by atoms with Crippen LogP contribution in [-0.2, 0) is 33.3 Å². The fraction of sp³-hybridized carbons (Fsp3) is 0.632. The van der Waals surface area contributed by atoms with Crippen molar-refractivity contribution >= 4 is 52.8 Å². The third kappa shape index (κ3) is 7.47. The zero-order chi connectivity index (χ0) is 23.3. The van der Waals surface area contributed by atoms with Crippen molar-refractivity contribution in [2.24, 2.45) is 0 Å². The number of Topliss-reactive ketones (excluding diaryl/α,β-unsaturated/α-hetero) is 1. The first-order valence-corrected chi connectivity index (χ1v) is 10.8. The number of ether oxygens (including phenoxy) is 4. The quantitative estimate of drug-likeness (QED) is 0.250. The summed E-state index contributed by atoms with van der Waals surface area (Å²) in [4.78, 5) is 51.4. The summed E-state index contributed by atoms with van der Waals surface area (Å²) in [5.74, 6) is -1.87. The fourth-order valence-corrected chi connectivity index (χ4v) is 4.07. The molecule has 12 heteroatoms. The molecule has 1 N–H and O–H groups in total. The minimum atomic E-state index is -0.961. The number of esters is 3. The second kappa shape index (κ2) is 10.4. The van der Waals surface area contributed by atoms with Gasteiger partial charge in [-0.25, -0.2) is 4.98 Å². The minimum Gasteiger partial charge on any atom is -0.463 e. The molecule has 0 amide bonds. The van der Waals surface area contributed by atoms with E-state index in [2.05, 4.69) is 22.9 Å². The fourth-order valence-electron chi connectivity index (χ4n) is 2.91. The van der Waals surface area contributed by atoms with E-state index in [-0.39, 0.29) is 18.8 Å². The van der Waals surface area contributed by atoms with Gasteiger partial charge in [-0.1, -0.05) is 11.3 Å². The predicted octanol–water partition coefficient (Wildman–Crippen LogP) is 1.99. The molecule has 4 atom stereocenters. The van der Waals surface area contributed by atoms with Gasteiger partial charge in [-0.2, -0.15) is 12.6 Å². The van der Waals surface area contributed by atoms with Crippen LogP contribution in [0.15, 0.2) is 6.20 Å². The highest BCUT2D eigenvalue weighted by Gasteiger charge is 2.44. The molecule has 0 bridgehead atoms. The number of thiazole rings is 1. The van der Waals surface area contributed by atoms with Crippen molar-refractivity contribution in [1.29, 1.82) is 0 Å². The van der Waals surface area contributed by atoms with Crippen LogP contribution < -0.4 is 5.32 Å². The maximum absolute atomic E-state index is 12.4. The number of anilines is 1. The molecule has 0 spiro atoms. The summed E-state index contributed by atoms with van der Waals surface area (Å²) in [6.07, 6.45) is -1.83. The summed E-state index contributed by atoms with van der Waals surface area (Å²) in [6, 6.07) is 0. The Balaban J connectivity index is 2.20. The van der Waals surface area contributed by atoms with Crippen molar-refractivity contribution in [1.82, 2.24) is 4.98 Å². The lowest BCUT2D eigenvalue weighted by Gasteiger charge is -2.40. The first kappa shape index (κ1) is 25.1. The number of carbonyl (C=O) groups excluding carboxylic acids is 4. The number of ketones is 1. The standard InChI is InChI=1S/C19H26N2O8S2/c1-9(22)26-8-13-16(28-11(3)24)12(27-10(2)23)6-15(29-13)21-18-20-7-14(31-18)17(25)19(4,5)30/h7,12-13,15-16,30H,6,8H2,1-5H3,(H,20,21)/t12-,13?,15+,16?/m1/s1. The molecule has 2 rings (SSSR count). The normalized spacial score (nSPS) is 23.5. The largest absolute Gasteiger partial charge is 0.463 e. The van der Waals surface area contributed by atoms with Crippen LogP contribution in [-0.4, -0.2) is 64.6 Å². The van der Waals surface area contributed by atoms with Crippen LogP contribution in [0.5, 0.6) is 0 Å². The van der Waals surface area contributed by atoms with Gasteiger partial charge in [0, 0.05) is 27.2 Å². The van der Waals surface area contributed by atoms with Gasteiger partial charge < -0.3 is 24.3 Å². The molecule has 0 radical (unpaired) electrons. The first-order chi connectivity index (χ1) is 14.4. The lowest BCUT2D eigenvalue weighted by atomic mass is 10.0. The van der Waals surface area contributed by atoms with E-state index < -0.39 is 47.2 Å². The third-order valence-electron chi connectivity index (χ3n) is 4.16. The molecular weight excluding hydrogens is 448 g/mol. The molecule has 31 heavy (non-hydrogen) atoms. The molecule has 2 unspecified atom stereocenters. The Labute approximate surface area is 189 Å². The van der Waals surface area contributed by atoms with Crippen molar-refractivity contribution in [2.75, 3.05) is 11.9 Å². The van der Waals surface area contributed by atoms with Crippen molar-refractivity contribution in [3.8, 4) is 0 Å². The number of nitrogens with zero attached hydrogens (tertiary/aromatic N) is 1. The van der Waals surface area contributed by atoms with E-state index >= 15 is 0 Å². The summed E-state index contributed by atoms with van der Waals surface area (Å²) in [7, 11) is 0. The summed E-state index contributed by atoms with van der Waals surface area (Å²) >= 11 is 5.41. The Morgan fingerprint density at radius 2 is 1.84 bits per heavy atom. The molecular formula is C19H26N2O8S2. The van der Waals surface area contributed by atoms with Gasteiger partial charge >= 0.3 is 17.9 Å². The van der Waals surface area contributed by atoms with Gasteiger partial charge in [0.05, 0.1) is 15.8 Å². The minimum absolute atomic E-state index is 0.134. The van der Waals surface area contributed by atoms with Gasteiger partial charge in [0.15, 0.2) is 17.0 Å². The Morgan fingerprint density at radius 3 is 2.39 bits per heavy atom. The summed E-state index contributed by atoms with van der Waals surface area (Å²) in [5, 5.41) is 3.45. The van der Waals surface area contributed by atoms with Crippen LogP contribution in [0, 0.1) is 0 Å². The molecule has 172 valence electrons. The highest BCUT2D eigenvalue weighted by Crippen LogP contribution is 2.30. The van der Waals surface area contributed by atoms with E-state index in [4.69, 9.17) is 18.9 Å². The van der Waals surface area contributed by atoms with Gasteiger partial charge in [0.25, 0.3) is 0 Å². The molecule has 1 fully saturated rings. The van der Waals surface area contributed by atoms with E-state index in [1.54, 1.807) is 13.8 Å². The monoisotopic (exact) mass is 474 g/mol. The average Bonchev–Trinajstić information content (AvgIpc) is 3.08. The van der Waals surface area contributed by atoms with Crippen molar-refractivity contribution in [3.63, 3.8) is 0 Å². The Hall–Kier alpha value is -2.18. The second-order valence-electron chi connectivity index (χ2n) is 7.49. The average molecular weight is 475 g/mol. The second-order valence-corrected chi connectivity index (χ2v) is 9.63. The molecule has 1 aliphatic rings. The first-order valence-electron chi connectivity index (χ1n) is 9.49. The van der Waals surface area contributed by atoms with Crippen LogP contribution in [0.2, 0.25) is 0 Å². The number of carbonyl (C=O) groups is 4. The summed E-state index contributed by atoms with van der Waals surface area (Å²) < 4.78 is 20.7. The maximum atomic E-state index is 12.4. The summed E-state index contributed by atoms with van der Waals surface area (Å²) in [6.45, 7) is 6.86. The number of rotatable bonds is 8. The van der Waals surface area contributed by atoms with E-state index in [9.17, 15) is 19.2 Å². The summed E-state index contributed by atoms with van der Waals surface area (Å²) in [5.41, 5.74) is 0. The van der Waals surface area contributed by atoms with E-state index in [1.165, 1.54) is 27.0 Å². The van der Waals surface area contributed by atoms with Crippen molar-refractivity contribution in [3.05, 3.63) is 11.1 Å². The van der Waals surface area contributed by atoms with Crippen LogP contribution in [0.1, 0.15) is 50.7 Å². The molecule has 10 nitrogen and oxygen atoms in total. The lowest BCUT2D eigenvalue weighted by Crippen LogP contribution is -2.55. The predicted molar refractivity (Wildman–Crippen MR) is 114 cm³/mol. The number of hydrogen-bond acceptors (Lipinski definition) is 12. The van der Waals surface area contributed by atoms with Crippen LogP contribution in [0.4, 0.5) is 5.13 Å². The van der Waals surface area contributed by atoms with Crippen molar-refractivity contribution in [2.45, 2.75) is 70.3 Å². The Bertz CT molecular complexity index is 835. The van der Waals surface area contributed by atoms with E-state index in [0.717, 1.165) is 11.3 Å². The van der Waals surface area contributed by atoms with Crippen LogP contribution >= 0.6 is 24.0 Å². The lowest BCUT2D eigenvalue weighted by molar-refractivity contribution is -0.211. The zero-order valence-electron chi connectivity index (χ0n) is 17.9. The molecule has 0 saturated carbocycles. The van der Waals surface area contributed by atoms with Gasteiger partial charge in [0.1, 0.15) is 25.0 Å². The van der Waals surface area contributed by atoms with Gasteiger partial charge in [0.2, 0.25) is 0 Å². The topological polar surface area (TPSA) is 130 Å². The van der Waals surface area contributed by atoms with Gasteiger partial charge in [-0.3, -0.25) is 19.2 Å². The molecule has 0 aromatic carbocycles.